The summed E-state index contributed by atoms with van der Waals surface area (Å²) < 4.78 is 50.0. The van der Waals surface area contributed by atoms with Crippen LogP contribution in [0, 0.1) is 0 Å². The molecule has 6 aromatic rings. The number of nitrogens with zero attached hydrogens (tertiary/aromatic N) is 2. The molecule has 0 saturated heterocycles. The second-order valence-electron chi connectivity index (χ2n) is 13.5. The average molecular weight is 845 g/mol. The third kappa shape index (κ3) is 11.2. The lowest BCUT2D eigenvalue weighted by Crippen LogP contribution is -2.44. The summed E-state index contributed by atoms with van der Waals surface area (Å²) in [6.07, 6.45) is 7.62. The summed E-state index contributed by atoms with van der Waals surface area (Å²) in [4.78, 5) is 9.07. The zero-order valence-corrected chi connectivity index (χ0v) is 37.5. The Bertz CT molecular complexity index is 2140. The molecule has 0 aliphatic carbocycles. The lowest BCUT2D eigenvalue weighted by molar-refractivity contribution is 0.0837. The van der Waals surface area contributed by atoms with E-state index >= 15 is 0 Å². The van der Waals surface area contributed by atoms with E-state index in [2.05, 4.69) is 58.5 Å². The van der Waals surface area contributed by atoms with E-state index in [9.17, 15) is 0 Å². The van der Waals surface area contributed by atoms with Crippen LogP contribution in [0.15, 0.2) is 121 Å². The first-order valence-corrected chi connectivity index (χ1v) is 24.4. The molecule has 2 aromatic heterocycles. The molecule has 0 amide bonds. The highest BCUT2D eigenvalue weighted by Crippen LogP contribution is 2.46. The lowest BCUT2D eigenvalue weighted by atomic mass is 9.91. The fourth-order valence-electron chi connectivity index (χ4n) is 7.03. The van der Waals surface area contributed by atoms with Crippen molar-refractivity contribution in [3.8, 4) is 22.6 Å². The number of hydrogen-bond acceptors (Lipinski definition) is 10. The monoisotopic (exact) mass is 844 g/mol. The Hall–Kier alpha value is -5.03. The van der Waals surface area contributed by atoms with Crippen molar-refractivity contribution < 1.29 is 36.0 Å². The van der Waals surface area contributed by atoms with E-state index in [0.29, 0.717) is 51.1 Å². The Balaban J connectivity index is 1.52. The fourth-order valence-corrected chi connectivity index (χ4v) is 11.3. The maximum absolute atomic E-state index is 6.69. The number of aromatic nitrogens is 2. The second-order valence-corrected chi connectivity index (χ2v) is 18.3. The summed E-state index contributed by atoms with van der Waals surface area (Å²) >= 11 is 0. The van der Waals surface area contributed by atoms with Crippen molar-refractivity contribution in [3.05, 3.63) is 143 Å². The van der Waals surface area contributed by atoms with Gasteiger partial charge in [-0.05, 0) is 134 Å². The van der Waals surface area contributed by atoms with Crippen LogP contribution in [0.25, 0.3) is 44.8 Å². The zero-order valence-electron chi connectivity index (χ0n) is 35.5. The van der Waals surface area contributed by atoms with Crippen LogP contribution in [0.5, 0.6) is 11.5 Å². The van der Waals surface area contributed by atoms with E-state index in [1.54, 1.807) is 12.4 Å². The van der Waals surface area contributed by atoms with Gasteiger partial charge in [-0.2, -0.15) is 0 Å². The van der Waals surface area contributed by atoms with Crippen LogP contribution in [0.4, 0.5) is 0 Å². The van der Waals surface area contributed by atoms with Gasteiger partial charge in [0.25, 0.3) is 0 Å². The van der Waals surface area contributed by atoms with Gasteiger partial charge in [0.1, 0.15) is 24.7 Å². The van der Waals surface area contributed by atoms with Crippen LogP contribution in [0.2, 0.25) is 0 Å². The van der Waals surface area contributed by atoms with E-state index in [1.807, 2.05) is 114 Å². The largest absolute Gasteiger partial charge is 0.529 e. The Labute approximate surface area is 356 Å². The molecule has 0 aliphatic rings. The lowest BCUT2D eigenvalue weighted by Gasteiger charge is -2.25. The molecule has 0 saturated carbocycles. The molecule has 0 unspecified atom stereocenters. The highest BCUT2D eigenvalue weighted by atomic mass is 28.4. The van der Waals surface area contributed by atoms with Crippen molar-refractivity contribution in [2.75, 3.05) is 39.6 Å². The van der Waals surface area contributed by atoms with E-state index in [0.717, 1.165) is 55.2 Å². The van der Waals surface area contributed by atoms with Gasteiger partial charge in [-0.1, -0.05) is 60.7 Å². The smallest absolute Gasteiger partial charge is 0.487 e. The van der Waals surface area contributed by atoms with Crippen LogP contribution >= 0.6 is 0 Å². The van der Waals surface area contributed by atoms with Gasteiger partial charge in [0.2, 0.25) is 0 Å². The summed E-state index contributed by atoms with van der Waals surface area (Å²) in [7, 11) is -6.05. The van der Waals surface area contributed by atoms with Crippen LogP contribution in [-0.2, 0) is 39.8 Å². The van der Waals surface area contributed by atoms with Crippen molar-refractivity contribution in [2.45, 2.75) is 54.8 Å². The average Bonchev–Trinajstić information content (AvgIpc) is 3.27. The van der Waals surface area contributed by atoms with E-state index in [1.165, 1.54) is 0 Å². The molecule has 0 bridgehead atoms. The van der Waals surface area contributed by atoms with Crippen molar-refractivity contribution in [1.29, 1.82) is 0 Å². The predicted molar refractivity (Wildman–Crippen MR) is 243 cm³/mol. The standard InChI is InChI=1S/C48H56N2O8Si2/c1-7-53-59(54-8-2,55-9-3)31-27-37-19-23-43-39(33-37)21-25-45(51-35-41-17-13-15-29-49-41)47(43)48-44-24-20-38(28-32-60(56-10-4,57-11-5)58-12-6)34-40(44)22-26-46(48)52-36-42-18-14-16-30-50-42/h13-34H,7-12,35-36H2,1-6H3/b31-27+,32-28+. The Morgan fingerprint density at radius 1 is 0.450 bits per heavy atom. The molecule has 2 heterocycles. The number of pyridine rings is 2. The first-order valence-electron chi connectivity index (χ1n) is 20.8. The van der Waals surface area contributed by atoms with Crippen molar-refractivity contribution in [3.63, 3.8) is 0 Å². The molecule has 10 nitrogen and oxygen atoms in total. The third-order valence-electron chi connectivity index (χ3n) is 9.50. The number of fused-ring (bicyclic) bond motifs is 2. The number of ether oxygens (including phenoxy) is 2. The Morgan fingerprint density at radius 3 is 1.17 bits per heavy atom. The topological polar surface area (TPSA) is 99.6 Å². The molecule has 60 heavy (non-hydrogen) atoms. The number of rotatable bonds is 23. The van der Waals surface area contributed by atoms with Crippen LogP contribution < -0.4 is 9.47 Å². The Morgan fingerprint density at radius 2 is 0.833 bits per heavy atom. The highest BCUT2D eigenvalue weighted by Gasteiger charge is 2.38. The normalized spacial score (nSPS) is 12.3. The summed E-state index contributed by atoms with van der Waals surface area (Å²) in [6, 6.07) is 32.7. The van der Waals surface area contributed by atoms with E-state index in [-0.39, 0.29) is 13.2 Å². The predicted octanol–water partition coefficient (Wildman–Crippen LogP) is 10.8. The first kappa shape index (κ1) is 44.5. The molecule has 4 aromatic carbocycles. The van der Waals surface area contributed by atoms with Crippen LogP contribution in [0.1, 0.15) is 64.1 Å². The molecule has 0 spiro atoms. The third-order valence-corrected chi connectivity index (χ3v) is 14.8. The Kier molecular flexibility index (Phi) is 16.3. The minimum atomic E-state index is -3.02. The van der Waals surface area contributed by atoms with Gasteiger partial charge in [-0.3, -0.25) is 9.97 Å². The highest BCUT2D eigenvalue weighted by molar-refractivity contribution is 6.67. The molecular formula is C48H56N2O8Si2. The maximum atomic E-state index is 6.69. The van der Waals surface area contributed by atoms with Gasteiger partial charge in [0, 0.05) is 63.2 Å². The van der Waals surface area contributed by atoms with Crippen molar-refractivity contribution in [1.82, 2.24) is 9.97 Å². The van der Waals surface area contributed by atoms with Crippen LogP contribution in [-0.4, -0.2) is 67.2 Å². The molecule has 314 valence electrons. The molecule has 6 rings (SSSR count). The summed E-state index contributed by atoms with van der Waals surface area (Å²) in [5, 5.41) is 4.03. The van der Waals surface area contributed by atoms with E-state index < -0.39 is 17.6 Å². The van der Waals surface area contributed by atoms with Gasteiger partial charge in [-0.15, -0.1) is 0 Å². The SMILES string of the molecule is CCO[Si](/C=C/c1ccc2c(-c3c(OCc4ccccn4)ccc4cc(/C=C/[Si](OCC)(OCC)OCC)ccc34)c(OCc3ccccn3)ccc2c1)(OCC)OCC. The molecule has 0 radical (unpaired) electrons. The zero-order chi connectivity index (χ0) is 42.2. The van der Waals surface area contributed by atoms with Gasteiger partial charge in [0.05, 0.1) is 11.4 Å². The fraction of sp³-hybridized carbons (Fsp3) is 0.292. The van der Waals surface area contributed by atoms with E-state index in [4.69, 9.17) is 36.0 Å². The van der Waals surface area contributed by atoms with Crippen molar-refractivity contribution in [2.24, 2.45) is 0 Å². The minimum absolute atomic E-state index is 0.286. The molecule has 0 N–H and O–H groups in total. The quantitative estimate of drug-likeness (QED) is 0.0580. The molecule has 0 atom stereocenters. The molecule has 0 fully saturated rings. The van der Waals surface area contributed by atoms with Crippen molar-refractivity contribution >= 4 is 51.3 Å². The van der Waals surface area contributed by atoms with Gasteiger partial charge in [-0.25, -0.2) is 0 Å². The summed E-state index contributed by atoms with van der Waals surface area (Å²) in [5.74, 6) is 1.40. The molecular weight excluding hydrogens is 789 g/mol. The van der Waals surface area contributed by atoms with Gasteiger partial charge >= 0.3 is 17.6 Å². The summed E-state index contributed by atoms with van der Waals surface area (Å²) in [5.41, 5.74) is 9.36. The maximum Gasteiger partial charge on any atom is 0.529 e. The second kappa shape index (κ2) is 22.0. The number of hydrogen-bond donors (Lipinski definition) is 0. The number of benzene rings is 4. The molecule has 0 aliphatic heterocycles. The van der Waals surface area contributed by atoms with Gasteiger partial charge < -0.3 is 36.0 Å². The van der Waals surface area contributed by atoms with Gasteiger partial charge in [0.15, 0.2) is 0 Å². The first-order chi connectivity index (χ1) is 29.4. The minimum Gasteiger partial charge on any atom is -0.487 e. The van der Waals surface area contributed by atoms with Crippen LogP contribution in [0.3, 0.4) is 0 Å². The molecule has 12 heteroatoms. The summed E-state index contributed by atoms with van der Waals surface area (Å²) in [6.45, 7) is 15.2.